The van der Waals surface area contributed by atoms with Gasteiger partial charge in [-0.2, -0.15) is 4.98 Å². The van der Waals surface area contributed by atoms with E-state index in [9.17, 15) is 0 Å². The minimum atomic E-state index is 0.374. The largest absolute Gasteiger partial charge is 0.339 e. The van der Waals surface area contributed by atoms with Gasteiger partial charge in [-0.05, 0) is 37.0 Å². The van der Waals surface area contributed by atoms with Crippen molar-refractivity contribution in [1.29, 1.82) is 0 Å². The topological polar surface area (TPSA) is 51.0 Å². The summed E-state index contributed by atoms with van der Waals surface area (Å²) in [5, 5.41) is 8.80. The molecule has 0 aliphatic carbocycles. The number of hydrogen-bond acceptors (Lipinski definition) is 4. The molecule has 21 heavy (non-hydrogen) atoms. The molecular formula is C15H15Cl2N3O. The Morgan fingerprint density at radius 2 is 2.14 bits per heavy atom. The zero-order valence-electron chi connectivity index (χ0n) is 11.4. The highest BCUT2D eigenvalue weighted by atomic mass is 35.5. The summed E-state index contributed by atoms with van der Waals surface area (Å²) in [6.07, 6.45) is 4.19. The standard InChI is InChI=1S/C15H15Cl2N3O/c16-11-3-1-8(5-12(11)17)6-14-19-15(21-20-14)10-7-9-2-4-13(10)18-9/h1,3,5,9-10,13,18H,2,4,6-7H2. The second kappa shape index (κ2) is 5.27. The highest BCUT2D eigenvalue weighted by molar-refractivity contribution is 6.42. The molecule has 4 nitrogen and oxygen atoms in total. The maximum atomic E-state index is 6.03. The fourth-order valence-corrected chi connectivity index (χ4v) is 3.74. The zero-order chi connectivity index (χ0) is 14.4. The lowest BCUT2D eigenvalue weighted by molar-refractivity contribution is 0.327. The van der Waals surface area contributed by atoms with Crippen LogP contribution in [-0.4, -0.2) is 22.2 Å². The van der Waals surface area contributed by atoms with E-state index in [-0.39, 0.29) is 0 Å². The number of aromatic nitrogens is 2. The van der Waals surface area contributed by atoms with E-state index >= 15 is 0 Å². The predicted molar refractivity (Wildman–Crippen MR) is 80.9 cm³/mol. The van der Waals surface area contributed by atoms with E-state index < -0.39 is 0 Å². The molecule has 1 N–H and O–H groups in total. The number of fused-ring (bicyclic) bond motifs is 2. The van der Waals surface area contributed by atoms with Crippen molar-refractivity contribution in [2.45, 2.75) is 43.7 Å². The summed E-state index contributed by atoms with van der Waals surface area (Å²) in [4.78, 5) is 4.56. The molecule has 0 spiro atoms. The first kappa shape index (κ1) is 13.6. The Balaban J connectivity index is 1.50. The highest BCUT2D eigenvalue weighted by Gasteiger charge is 2.42. The molecule has 2 fully saturated rings. The molecule has 2 aromatic rings. The Morgan fingerprint density at radius 3 is 2.86 bits per heavy atom. The van der Waals surface area contributed by atoms with Crippen LogP contribution in [0.5, 0.6) is 0 Å². The summed E-state index contributed by atoms with van der Waals surface area (Å²) >= 11 is 11.9. The van der Waals surface area contributed by atoms with Crippen LogP contribution in [0.15, 0.2) is 22.7 Å². The Hall–Kier alpha value is -1.10. The molecule has 4 rings (SSSR count). The molecule has 2 bridgehead atoms. The third-order valence-electron chi connectivity index (χ3n) is 4.45. The normalized spacial score (nSPS) is 27.4. The maximum Gasteiger partial charge on any atom is 0.231 e. The Labute approximate surface area is 132 Å². The third kappa shape index (κ3) is 2.56. The van der Waals surface area contributed by atoms with Gasteiger partial charge in [0.25, 0.3) is 0 Å². The summed E-state index contributed by atoms with van der Waals surface area (Å²) < 4.78 is 5.47. The van der Waals surface area contributed by atoms with Gasteiger partial charge in [0, 0.05) is 18.5 Å². The molecule has 110 valence electrons. The second-order valence-electron chi connectivity index (χ2n) is 5.86. The van der Waals surface area contributed by atoms with Crippen molar-refractivity contribution in [2.24, 2.45) is 0 Å². The summed E-state index contributed by atoms with van der Waals surface area (Å²) in [6, 6.07) is 6.71. The van der Waals surface area contributed by atoms with Crippen LogP contribution in [0, 0.1) is 0 Å². The van der Waals surface area contributed by atoms with E-state index in [1.165, 1.54) is 12.8 Å². The van der Waals surface area contributed by atoms with Crippen molar-refractivity contribution < 1.29 is 4.52 Å². The molecule has 0 saturated carbocycles. The van der Waals surface area contributed by atoms with Crippen molar-refractivity contribution >= 4 is 23.2 Å². The van der Waals surface area contributed by atoms with Gasteiger partial charge >= 0.3 is 0 Å². The maximum absolute atomic E-state index is 6.03. The van der Waals surface area contributed by atoms with Gasteiger partial charge in [0.2, 0.25) is 5.89 Å². The van der Waals surface area contributed by atoms with Crippen LogP contribution in [-0.2, 0) is 6.42 Å². The molecule has 6 heteroatoms. The average molecular weight is 324 g/mol. The third-order valence-corrected chi connectivity index (χ3v) is 5.19. The van der Waals surface area contributed by atoms with Crippen LogP contribution >= 0.6 is 23.2 Å². The lowest BCUT2D eigenvalue weighted by Gasteiger charge is -2.15. The first-order valence-electron chi connectivity index (χ1n) is 7.21. The Morgan fingerprint density at radius 1 is 1.24 bits per heavy atom. The van der Waals surface area contributed by atoms with E-state index in [4.69, 9.17) is 27.7 Å². The van der Waals surface area contributed by atoms with E-state index in [0.29, 0.717) is 40.3 Å². The SMILES string of the molecule is Clc1ccc(Cc2noc(C3CC4CCC3N4)n2)cc1Cl. The number of rotatable bonds is 3. The fraction of sp³-hybridized carbons (Fsp3) is 0.467. The molecule has 2 aliphatic rings. The quantitative estimate of drug-likeness (QED) is 0.938. The molecule has 2 saturated heterocycles. The van der Waals surface area contributed by atoms with Crippen molar-refractivity contribution in [1.82, 2.24) is 15.5 Å². The molecule has 3 unspecified atom stereocenters. The summed E-state index contributed by atoms with van der Waals surface area (Å²) in [6.45, 7) is 0. The van der Waals surface area contributed by atoms with Crippen LogP contribution in [0.4, 0.5) is 0 Å². The van der Waals surface area contributed by atoms with Gasteiger partial charge in [0.1, 0.15) is 0 Å². The predicted octanol–water partition coefficient (Wildman–Crippen LogP) is 3.58. The molecule has 3 atom stereocenters. The van der Waals surface area contributed by atoms with Crippen molar-refractivity contribution in [3.05, 3.63) is 45.5 Å². The lowest BCUT2D eigenvalue weighted by Crippen LogP contribution is -2.21. The van der Waals surface area contributed by atoms with Crippen LogP contribution in [0.1, 0.15) is 42.5 Å². The number of benzene rings is 1. The fourth-order valence-electron chi connectivity index (χ4n) is 3.42. The van der Waals surface area contributed by atoms with Gasteiger partial charge in [0.05, 0.1) is 16.0 Å². The van der Waals surface area contributed by atoms with E-state index in [2.05, 4.69) is 15.5 Å². The minimum absolute atomic E-state index is 0.374. The van der Waals surface area contributed by atoms with E-state index in [0.717, 1.165) is 17.9 Å². The number of hydrogen-bond donors (Lipinski definition) is 1. The van der Waals surface area contributed by atoms with Gasteiger partial charge < -0.3 is 9.84 Å². The second-order valence-corrected chi connectivity index (χ2v) is 6.68. The molecule has 3 heterocycles. The number of nitrogens with zero attached hydrogens (tertiary/aromatic N) is 2. The molecule has 1 aromatic heterocycles. The van der Waals surface area contributed by atoms with Crippen LogP contribution in [0.2, 0.25) is 10.0 Å². The van der Waals surface area contributed by atoms with Crippen LogP contribution < -0.4 is 5.32 Å². The van der Waals surface area contributed by atoms with Gasteiger partial charge in [-0.25, -0.2) is 0 Å². The Bertz CT molecular complexity index is 673. The van der Waals surface area contributed by atoms with E-state index in [1.807, 2.05) is 12.1 Å². The van der Waals surface area contributed by atoms with Gasteiger partial charge in [-0.3, -0.25) is 0 Å². The first-order valence-corrected chi connectivity index (χ1v) is 7.97. The first-order chi connectivity index (χ1) is 10.2. The number of halogens is 2. The smallest absolute Gasteiger partial charge is 0.231 e. The van der Waals surface area contributed by atoms with Crippen LogP contribution in [0.25, 0.3) is 0 Å². The van der Waals surface area contributed by atoms with Crippen molar-refractivity contribution in [2.75, 3.05) is 0 Å². The molecule has 1 aromatic carbocycles. The van der Waals surface area contributed by atoms with Gasteiger partial charge in [-0.15, -0.1) is 0 Å². The zero-order valence-corrected chi connectivity index (χ0v) is 12.9. The summed E-state index contributed by atoms with van der Waals surface area (Å²) in [5.41, 5.74) is 1.03. The Kier molecular flexibility index (Phi) is 3.40. The highest BCUT2D eigenvalue weighted by Crippen LogP contribution is 2.39. The molecular weight excluding hydrogens is 309 g/mol. The number of nitrogens with one attached hydrogen (secondary N) is 1. The van der Waals surface area contributed by atoms with E-state index in [1.54, 1.807) is 6.07 Å². The van der Waals surface area contributed by atoms with Crippen LogP contribution in [0.3, 0.4) is 0 Å². The average Bonchev–Trinajstić information content (AvgIpc) is 3.18. The summed E-state index contributed by atoms with van der Waals surface area (Å²) in [7, 11) is 0. The van der Waals surface area contributed by atoms with Gasteiger partial charge in [0.15, 0.2) is 5.82 Å². The van der Waals surface area contributed by atoms with Gasteiger partial charge in [-0.1, -0.05) is 34.4 Å². The molecule has 0 amide bonds. The van der Waals surface area contributed by atoms with Crippen molar-refractivity contribution in [3.8, 4) is 0 Å². The molecule has 2 aliphatic heterocycles. The lowest BCUT2D eigenvalue weighted by atomic mass is 9.89. The minimum Gasteiger partial charge on any atom is -0.339 e. The molecule has 0 radical (unpaired) electrons. The van der Waals surface area contributed by atoms with Crippen molar-refractivity contribution in [3.63, 3.8) is 0 Å². The monoisotopic (exact) mass is 323 g/mol. The summed E-state index contributed by atoms with van der Waals surface area (Å²) in [5.74, 6) is 1.84.